The summed E-state index contributed by atoms with van der Waals surface area (Å²) in [6.07, 6.45) is 4.46. The maximum absolute atomic E-state index is 12.7. The Hall–Kier alpha value is 0.480. The third kappa shape index (κ3) is 4.06. The van der Waals surface area contributed by atoms with Gasteiger partial charge in [0.2, 0.25) is 10.0 Å². The van der Waals surface area contributed by atoms with Crippen molar-refractivity contribution < 1.29 is 8.42 Å². The van der Waals surface area contributed by atoms with Gasteiger partial charge in [-0.2, -0.15) is 0 Å². The van der Waals surface area contributed by atoms with Crippen LogP contribution in [0.4, 0.5) is 0 Å². The van der Waals surface area contributed by atoms with Crippen LogP contribution in [0.3, 0.4) is 0 Å². The van der Waals surface area contributed by atoms with E-state index in [0.717, 1.165) is 32.1 Å². The predicted octanol–water partition coefficient (Wildman–Crippen LogP) is 4.98. The van der Waals surface area contributed by atoms with Crippen LogP contribution in [0.25, 0.3) is 0 Å². The van der Waals surface area contributed by atoms with E-state index in [1.54, 1.807) is 0 Å². The van der Waals surface area contributed by atoms with E-state index in [-0.39, 0.29) is 20.8 Å². The van der Waals surface area contributed by atoms with Gasteiger partial charge >= 0.3 is 0 Å². The summed E-state index contributed by atoms with van der Waals surface area (Å²) in [6.45, 7) is 0. The molecule has 0 atom stereocenters. The molecule has 0 saturated heterocycles. The van der Waals surface area contributed by atoms with Gasteiger partial charge in [-0.1, -0.05) is 58.4 Å². The van der Waals surface area contributed by atoms with E-state index in [4.69, 9.17) is 34.8 Å². The lowest BCUT2D eigenvalue weighted by molar-refractivity contribution is 0.298. The average molecular weight is 436 g/mol. The van der Waals surface area contributed by atoms with Gasteiger partial charge in [-0.25, -0.2) is 13.1 Å². The highest BCUT2D eigenvalue weighted by molar-refractivity contribution is 9.10. The molecular formula is C13H15BrCl3NO2S. The molecule has 0 radical (unpaired) electrons. The summed E-state index contributed by atoms with van der Waals surface area (Å²) in [7, 11) is -3.83. The van der Waals surface area contributed by atoms with Crippen molar-refractivity contribution in [2.75, 3.05) is 5.88 Å². The Morgan fingerprint density at radius 3 is 2.14 bits per heavy atom. The fraction of sp³-hybridized carbons (Fsp3) is 0.538. The van der Waals surface area contributed by atoms with Crippen LogP contribution in [0.15, 0.2) is 21.5 Å². The minimum atomic E-state index is -3.83. The van der Waals surface area contributed by atoms with E-state index >= 15 is 0 Å². The van der Waals surface area contributed by atoms with E-state index in [1.165, 1.54) is 12.1 Å². The van der Waals surface area contributed by atoms with E-state index in [0.29, 0.717) is 4.47 Å². The van der Waals surface area contributed by atoms with Crippen LogP contribution in [0.5, 0.6) is 0 Å². The van der Waals surface area contributed by atoms with Gasteiger partial charge in [0.25, 0.3) is 0 Å². The summed E-state index contributed by atoms with van der Waals surface area (Å²) >= 11 is 21.4. The normalized spacial score (nSPS) is 18.7. The van der Waals surface area contributed by atoms with Gasteiger partial charge in [-0.3, -0.25) is 0 Å². The molecule has 0 bridgehead atoms. The number of hydrogen-bond acceptors (Lipinski definition) is 2. The van der Waals surface area contributed by atoms with Crippen LogP contribution in [-0.4, -0.2) is 19.8 Å². The van der Waals surface area contributed by atoms with Crippen LogP contribution in [0.1, 0.15) is 32.1 Å². The number of alkyl halides is 1. The van der Waals surface area contributed by atoms with Crippen LogP contribution >= 0.6 is 50.7 Å². The maximum Gasteiger partial charge on any atom is 0.244 e. The second-order valence-electron chi connectivity index (χ2n) is 5.28. The van der Waals surface area contributed by atoms with Crippen molar-refractivity contribution in [3.05, 3.63) is 26.7 Å². The van der Waals surface area contributed by atoms with Crippen molar-refractivity contribution in [1.82, 2.24) is 4.72 Å². The van der Waals surface area contributed by atoms with E-state index in [1.807, 2.05) is 0 Å². The summed E-state index contributed by atoms with van der Waals surface area (Å²) in [4.78, 5) is -0.0934. The average Bonchev–Trinajstić information content (AvgIpc) is 2.37. The Morgan fingerprint density at radius 2 is 1.67 bits per heavy atom. The van der Waals surface area contributed by atoms with Crippen molar-refractivity contribution in [3.63, 3.8) is 0 Å². The van der Waals surface area contributed by atoms with Gasteiger partial charge in [0.1, 0.15) is 4.90 Å². The number of halogens is 4. The summed E-state index contributed by atoms with van der Waals surface area (Å²) in [6, 6.07) is 3.02. The Labute approximate surface area is 148 Å². The molecule has 1 fully saturated rings. The topological polar surface area (TPSA) is 46.2 Å². The van der Waals surface area contributed by atoms with Crippen molar-refractivity contribution >= 4 is 60.8 Å². The van der Waals surface area contributed by atoms with Crippen molar-refractivity contribution in [3.8, 4) is 0 Å². The molecule has 1 aromatic rings. The molecule has 8 heteroatoms. The third-order valence-electron chi connectivity index (χ3n) is 3.65. The molecule has 21 heavy (non-hydrogen) atoms. The van der Waals surface area contributed by atoms with Crippen molar-refractivity contribution in [2.45, 2.75) is 42.5 Å². The molecule has 1 saturated carbocycles. The van der Waals surface area contributed by atoms with E-state index in [2.05, 4.69) is 20.7 Å². The first-order valence-electron chi connectivity index (χ1n) is 6.54. The molecule has 0 unspecified atom stereocenters. The molecule has 1 N–H and O–H groups in total. The number of nitrogens with one attached hydrogen (secondary N) is 1. The largest absolute Gasteiger partial charge is 0.244 e. The summed E-state index contributed by atoms with van der Waals surface area (Å²) in [5.41, 5.74) is -0.613. The predicted molar refractivity (Wildman–Crippen MR) is 91.0 cm³/mol. The molecule has 0 spiro atoms. The minimum absolute atomic E-state index is 0.0856. The van der Waals surface area contributed by atoms with Gasteiger partial charge < -0.3 is 0 Å². The number of hydrogen-bond donors (Lipinski definition) is 1. The molecule has 2 rings (SSSR count). The van der Waals surface area contributed by atoms with Crippen LogP contribution < -0.4 is 4.72 Å². The standard InChI is InChI=1S/C13H15BrCl3NO2S/c14-9-6-10(16)12(11(17)7-9)21(19,20)18-13(8-15)4-2-1-3-5-13/h6-7,18H,1-5,8H2. The van der Waals surface area contributed by atoms with Gasteiger partial charge in [-0.05, 0) is 25.0 Å². The fourth-order valence-electron chi connectivity index (χ4n) is 2.61. The molecule has 1 aromatic carbocycles. The maximum atomic E-state index is 12.7. The number of rotatable bonds is 4. The highest BCUT2D eigenvalue weighted by Gasteiger charge is 2.37. The zero-order valence-corrected chi connectivity index (χ0v) is 15.8. The lowest BCUT2D eigenvalue weighted by Crippen LogP contribution is -2.51. The molecule has 0 heterocycles. The van der Waals surface area contributed by atoms with Crippen molar-refractivity contribution in [1.29, 1.82) is 0 Å². The Morgan fingerprint density at radius 1 is 1.14 bits per heavy atom. The Bertz CT molecular complexity index is 607. The second kappa shape index (κ2) is 6.93. The van der Waals surface area contributed by atoms with E-state index in [9.17, 15) is 8.42 Å². The number of sulfonamides is 1. The molecule has 3 nitrogen and oxygen atoms in total. The molecule has 1 aliphatic carbocycles. The quantitative estimate of drug-likeness (QED) is 0.679. The summed E-state index contributed by atoms with van der Waals surface area (Å²) in [5, 5.41) is 0.171. The zero-order valence-electron chi connectivity index (χ0n) is 11.1. The third-order valence-corrected chi connectivity index (χ3v) is 7.12. The fourth-order valence-corrected chi connectivity index (χ4v) is 6.42. The summed E-state index contributed by atoms with van der Waals surface area (Å²) in [5.74, 6) is 0.234. The van der Waals surface area contributed by atoms with Gasteiger partial charge in [0.05, 0.1) is 10.0 Å². The van der Waals surface area contributed by atoms with Crippen LogP contribution in [-0.2, 0) is 10.0 Å². The molecule has 0 aliphatic heterocycles. The zero-order chi connectivity index (χ0) is 15.7. The smallest absolute Gasteiger partial charge is 0.207 e. The highest BCUT2D eigenvalue weighted by atomic mass is 79.9. The van der Waals surface area contributed by atoms with Crippen LogP contribution in [0.2, 0.25) is 10.0 Å². The van der Waals surface area contributed by atoms with Crippen LogP contribution in [0, 0.1) is 0 Å². The SMILES string of the molecule is O=S(=O)(NC1(CCl)CCCCC1)c1c(Cl)cc(Br)cc1Cl. The molecular weight excluding hydrogens is 420 g/mol. The lowest BCUT2D eigenvalue weighted by atomic mass is 9.84. The first kappa shape index (κ1) is 17.8. The lowest BCUT2D eigenvalue weighted by Gasteiger charge is -2.36. The molecule has 0 amide bonds. The number of benzene rings is 1. The first-order valence-corrected chi connectivity index (χ1v) is 10.1. The van der Waals surface area contributed by atoms with Gasteiger partial charge in [0, 0.05) is 15.9 Å². The molecule has 0 aromatic heterocycles. The van der Waals surface area contributed by atoms with Gasteiger partial charge in [0.15, 0.2) is 0 Å². The molecule has 118 valence electrons. The molecule has 1 aliphatic rings. The Balaban J connectivity index is 2.38. The van der Waals surface area contributed by atoms with Gasteiger partial charge in [-0.15, -0.1) is 11.6 Å². The first-order chi connectivity index (χ1) is 9.80. The second-order valence-corrected chi connectivity index (χ2v) is 8.90. The van der Waals surface area contributed by atoms with E-state index < -0.39 is 15.6 Å². The highest BCUT2D eigenvalue weighted by Crippen LogP contribution is 2.36. The monoisotopic (exact) mass is 433 g/mol. The minimum Gasteiger partial charge on any atom is -0.207 e. The summed E-state index contributed by atoms with van der Waals surface area (Å²) < 4.78 is 28.7. The van der Waals surface area contributed by atoms with Crippen molar-refractivity contribution in [2.24, 2.45) is 0 Å². The Kier molecular flexibility index (Phi) is 5.89.